The Hall–Kier alpha value is -1.02. The molecule has 0 radical (unpaired) electrons. The van der Waals surface area contributed by atoms with Crippen molar-refractivity contribution in [2.75, 3.05) is 46.4 Å². The van der Waals surface area contributed by atoms with Crippen LogP contribution in [0.15, 0.2) is 29.3 Å². The third kappa shape index (κ3) is 9.07. The number of hydrogen-bond acceptors (Lipinski definition) is 3. The topological polar surface area (TPSA) is 48.9 Å². The van der Waals surface area contributed by atoms with E-state index in [0.717, 1.165) is 50.7 Å². The summed E-state index contributed by atoms with van der Waals surface area (Å²) in [6, 6.07) is 8.28. The van der Waals surface area contributed by atoms with Gasteiger partial charge in [-0.1, -0.05) is 18.6 Å². The maximum absolute atomic E-state index is 5.27. The molecule has 1 aliphatic rings. The first-order valence-electron chi connectivity index (χ1n) is 9.69. The molecule has 0 bridgehead atoms. The van der Waals surface area contributed by atoms with E-state index in [1.165, 1.54) is 37.9 Å². The zero-order valence-corrected chi connectivity index (χ0v) is 18.6. The van der Waals surface area contributed by atoms with Gasteiger partial charge >= 0.3 is 0 Å². The zero-order chi connectivity index (χ0) is 17.7. The molecule has 2 rings (SSSR count). The predicted octanol–water partition coefficient (Wildman–Crippen LogP) is 3.29. The first-order valence-corrected chi connectivity index (χ1v) is 9.69. The molecule has 0 aromatic heterocycles. The number of piperidine rings is 1. The number of benzene rings is 1. The number of nitrogens with zero attached hydrogens (tertiary/aromatic N) is 2. The summed E-state index contributed by atoms with van der Waals surface area (Å²) in [5.41, 5.74) is 1.30. The molecule has 1 heterocycles. The molecule has 2 N–H and O–H groups in total. The van der Waals surface area contributed by atoms with Crippen LogP contribution in [0.25, 0.3) is 0 Å². The van der Waals surface area contributed by atoms with E-state index in [1.54, 1.807) is 7.11 Å². The van der Waals surface area contributed by atoms with Gasteiger partial charge in [-0.05, 0) is 63.4 Å². The molecule has 0 spiro atoms. The van der Waals surface area contributed by atoms with Crippen LogP contribution in [0, 0.1) is 0 Å². The van der Waals surface area contributed by atoms with E-state index in [1.807, 2.05) is 12.1 Å². The summed E-state index contributed by atoms with van der Waals surface area (Å²) >= 11 is 0. The van der Waals surface area contributed by atoms with Gasteiger partial charge in [0.1, 0.15) is 5.75 Å². The first kappa shape index (κ1) is 23.0. The second-order valence-corrected chi connectivity index (χ2v) is 6.54. The van der Waals surface area contributed by atoms with Crippen molar-refractivity contribution in [2.45, 2.75) is 39.0 Å². The fourth-order valence-electron chi connectivity index (χ4n) is 3.16. The molecule has 6 heteroatoms. The van der Waals surface area contributed by atoms with Crippen LogP contribution in [-0.2, 0) is 6.42 Å². The fraction of sp³-hybridized carbons (Fsp3) is 0.650. The van der Waals surface area contributed by atoms with Gasteiger partial charge in [0.25, 0.3) is 0 Å². The summed E-state index contributed by atoms with van der Waals surface area (Å²) in [5.74, 6) is 1.86. The summed E-state index contributed by atoms with van der Waals surface area (Å²) in [6.07, 6.45) is 6.14. The number of rotatable bonds is 9. The lowest BCUT2D eigenvalue weighted by atomic mass is 10.1. The van der Waals surface area contributed by atoms with Crippen molar-refractivity contribution in [3.8, 4) is 5.75 Å². The summed E-state index contributed by atoms with van der Waals surface area (Å²) in [5, 5.41) is 6.80. The Kier molecular flexibility index (Phi) is 12.5. The molecule has 1 fully saturated rings. The van der Waals surface area contributed by atoms with Crippen molar-refractivity contribution >= 4 is 29.9 Å². The van der Waals surface area contributed by atoms with Crippen molar-refractivity contribution in [2.24, 2.45) is 4.99 Å². The molecule has 148 valence electrons. The van der Waals surface area contributed by atoms with E-state index in [-0.39, 0.29) is 24.0 Å². The first-order chi connectivity index (χ1) is 12.3. The lowest BCUT2D eigenvalue weighted by Gasteiger charge is -2.26. The zero-order valence-electron chi connectivity index (χ0n) is 16.3. The molecule has 1 aromatic carbocycles. The lowest BCUT2D eigenvalue weighted by Crippen LogP contribution is -2.42. The highest BCUT2D eigenvalue weighted by Gasteiger charge is 2.09. The van der Waals surface area contributed by atoms with Gasteiger partial charge in [-0.15, -0.1) is 24.0 Å². The van der Waals surface area contributed by atoms with Crippen LogP contribution in [-0.4, -0.2) is 57.2 Å². The van der Waals surface area contributed by atoms with E-state index in [2.05, 4.69) is 34.6 Å². The van der Waals surface area contributed by atoms with Gasteiger partial charge in [0.05, 0.1) is 7.11 Å². The lowest BCUT2D eigenvalue weighted by molar-refractivity contribution is 0.232. The Labute approximate surface area is 176 Å². The van der Waals surface area contributed by atoms with Gasteiger partial charge in [-0.25, -0.2) is 0 Å². The van der Waals surface area contributed by atoms with Crippen LogP contribution in [0.5, 0.6) is 5.75 Å². The van der Waals surface area contributed by atoms with Gasteiger partial charge in [0.15, 0.2) is 5.96 Å². The van der Waals surface area contributed by atoms with Crippen molar-refractivity contribution in [1.29, 1.82) is 0 Å². The number of hydrogen-bond donors (Lipinski definition) is 2. The molecule has 1 aromatic rings. The minimum atomic E-state index is 0. The Balaban J connectivity index is 0.00000338. The SMILES string of the molecule is CCNC(=NCCCc1cccc(OC)c1)NCCN1CCCCC1.I. The largest absolute Gasteiger partial charge is 0.497 e. The molecule has 5 nitrogen and oxygen atoms in total. The maximum Gasteiger partial charge on any atom is 0.191 e. The van der Waals surface area contributed by atoms with Crippen molar-refractivity contribution in [1.82, 2.24) is 15.5 Å². The van der Waals surface area contributed by atoms with E-state index in [9.17, 15) is 0 Å². The van der Waals surface area contributed by atoms with E-state index < -0.39 is 0 Å². The average Bonchev–Trinajstić information content (AvgIpc) is 2.66. The van der Waals surface area contributed by atoms with E-state index >= 15 is 0 Å². The standard InChI is InChI=1S/C20H34N4O.HI/c1-3-21-20(23-13-16-24-14-5-4-6-15-24)22-12-8-10-18-9-7-11-19(17-18)25-2;/h7,9,11,17H,3-6,8,10,12-16H2,1-2H3,(H2,21,22,23);1H. The monoisotopic (exact) mass is 474 g/mol. The molecular weight excluding hydrogens is 439 g/mol. The van der Waals surface area contributed by atoms with Crippen LogP contribution >= 0.6 is 24.0 Å². The third-order valence-electron chi connectivity index (χ3n) is 4.54. The normalized spacial score (nSPS) is 15.2. The minimum Gasteiger partial charge on any atom is -0.497 e. The van der Waals surface area contributed by atoms with Gasteiger partial charge in [-0.2, -0.15) is 0 Å². The Bertz CT molecular complexity index is 518. The van der Waals surface area contributed by atoms with E-state index in [0.29, 0.717) is 0 Å². The number of guanidine groups is 1. The van der Waals surface area contributed by atoms with Gasteiger partial charge in [0, 0.05) is 26.2 Å². The fourth-order valence-corrected chi connectivity index (χ4v) is 3.16. The molecule has 1 aliphatic heterocycles. The smallest absolute Gasteiger partial charge is 0.191 e. The van der Waals surface area contributed by atoms with Crippen LogP contribution < -0.4 is 15.4 Å². The van der Waals surface area contributed by atoms with Crippen molar-refractivity contribution in [3.63, 3.8) is 0 Å². The number of ether oxygens (including phenoxy) is 1. The molecule has 26 heavy (non-hydrogen) atoms. The molecule has 0 unspecified atom stereocenters. The number of methoxy groups -OCH3 is 1. The quantitative estimate of drug-likeness (QED) is 0.250. The second-order valence-electron chi connectivity index (χ2n) is 6.54. The summed E-state index contributed by atoms with van der Waals surface area (Å²) in [6.45, 7) is 8.39. The van der Waals surface area contributed by atoms with Crippen LogP contribution in [0.2, 0.25) is 0 Å². The molecule has 1 saturated heterocycles. The molecule has 0 atom stereocenters. The van der Waals surface area contributed by atoms with E-state index in [4.69, 9.17) is 9.73 Å². The maximum atomic E-state index is 5.27. The minimum absolute atomic E-state index is 0. The third-order valence-corrected chi connectivity index (χ3v) is 4.54. The van der Waals surface area contributed by atoms with Gasteiger partial charge < -0.3 is 20.3 Å². The Morgan fingerprint density at radius 3 is 2.73 bits per heavy atom. The van der Waals surface area contributed by atoms with Gasteiger partial charge in [0.2, 0.25) is 0 Å². The second kappa shape index (κ2) is 14.1. The van der Waals surface area contributed by atoms with Crippen LogP contribution in [0.3, 0.4) is 0 Å². The molecule has 0 saturated carbocycles. The van der Waals surface area contributed by atoms with Crippen molar-refractivity contribution < 1.29 is 4.74 Å². The molecule has 0 amide bonds. The highest BCUT2D eigenvalue weighted by Crippen LogP contribution is 2.13. The Morgan fingerprint density at radius 2 is 2.00 bits per heavy atom. The summed E-state index contributed by atoms with van der Waals surface area (Å²) in [4.78, 5) is 7.24. The average molecular weight is 474 g/mol. The molecular formula is C20H35IN4O. The predicted molar refractivity (Wildman–Crippen MR) is 121 cm³/mol. The van der Waals surface area contributed by atoms with Crippen molar-refractivity contribution in [3.05, 3.63) is 29.8 Å². The highest BCUT2D eigenvalue weighted by atomic mass is 127. The number of likely N-dealkylation sites (tertiary alicyclic amines) is 1. The number of nitrogens with one attached hydrogen (secondary N) is 2. The summed E-state index contributed by atoms with van der Waals surface area (Å²) in [7, 11) is 1.71. The number of aliphatic imine (C=N–C) groups is 1. The molecule has 0 aliphatic carbocycles. The number of aryl methyl sites for hydroxylation is 1. The highest BCUT2D eigenvalue weighted by molar-refractivity contribution is 14.0. The van der Waals surface area contributed by atoms with Crippen LogP contribution in [0.1, 0.15) is 38.2 Å². The van der Waals surface area contributed by atoms with Crippen LogP contribution in [0.4, 0.5) is 0 Å². The summed E-state index contributed by atoms with van der Waals surface area (Å²) < 4.78 is 5.27. The number of halogens is 1. The van der Waals surface area contributed by atoms with Gasteiger partial charge in [-0.3, -0.25) is 4.99 Å². The Morgan fingerprint density at radius 1 is 1.19 bits per heavy atom.